The number of thiocarbonyl (C=S) groups is 2. The third kappa shape index (κ3) is 10.5. The number of allylic oxidation sites excluding steroid dienone is 2. The SMILES string of the molecule is [C-]#[N+]C(C)(C)Nc1ccc(C)nc1.[C-]#[N+]c1ccc(N2C(=O)C(C)(C)N(C(=[CH-])C=C[C](C)=[W])C2=S)c(F)c1C.[C-]#[N+]c1ccc(N=C=S)c(F)c1C. The smallest absolute Gasteiger partial charge is 0.193 e. The van der Waals surface area contributed by atoms with Crippen molar-refractivity contribution in [3.63, 3.8) is 0 Å². The van der Waals surface area contributed by atoms with Gasteiger partial charge in [-0.15, -0.1) is 0 Å². The van der Waals surface area contributed by atoms with Crippen LogP contribution in [0.25, 0.3) is 14.5 Å². The van der Waals surface area contributed by atoms with Gasteiger partial charge in [0.05, 0.1) is 30.2 Å². The predicted molar refractivity (Wildman–Crippen MR) is 206 cm³/mol. The molecule has 2 aromatic carbocycles. The molecule has 1 aliphatic heterocycles. The van der Waals surface area contributed by atoms with E-state index in [0.29, 0.717) is 16.9 Å². The number of nitrogens with zero attached hydrogens (tertiary/aromatic N) is 7. The van der Waals surface area contributed by atoms with Gasteiger partial charge in [-0.2, -0.15) is 4.99 Å². The molecule has 0 saturated carbocycles. The Morgan fingerprint density at radius 3 is 2.12 bits per heavy atom. The normalized spacial score (nSPS) is 13.0. The summed E-state index contributed by atoms with van der Waals surface area (Å²) in [6.45, 7) is 40.9. The number of carbonyl (C=O) groups is 1. The second kappa shape index (κ2) is 18.4. The Morgan fingerprint density at radius 1 is 1.04 bits per heavy atom. The Balaban J connectivity index is 0.000000301. The first-order valence-corrected chi connectivity index (χ1v) is 17.6. The summed E-state index contributed by atoms with van der Waals surface area (Å²) in [5.41, 5.74) is 1.67. The number of aliphatic imine (C=N–C) groups is 1. The summed E-state index contributed by atoms with van der Waals surface area (Å²) >= 11 is 11.1. The Bertz CT molecular complexity index is 2120. The van der Waals surface area contributed by atoms with Crippen molar-refractivity contribution in [1.82, 2.24) is 9.88 Å². The van der Waals surface area contributed by atoms with Gasteiger partial charge in [-0.05, 0) is 49.8 Å². The van der Waals surface area contributed by atoms with Gasteiger partial charge in [-0.25, -0.2) is 15.8 Å². The molecule has 1 fully saturated rings. The average molecular weight is 906 g/mol. The van der Waals surface area contributed by atoms with Crippen molar-refractivity contribution < 1.29 is 32.9 Å². The summed E-state index contributed by atoms with van der Waals surface area (Å²) in [5, 5.41) is 5.27. The fourth-order valence-electron chi connectivity index (χ4n) is 4.51. The Labute approximate surface area is 325 Å². The first-order chi connectivity index (χ1) is 24.3. The molecule has 52 heavy (non-hydrogen) atoms. The van der Waals surface area contributed by atoms with Gasteiger partial charge >= 0.3 is 163 Å². The molecule has 1 amide bonds. The molecule has 4 rings (SSSR count). The zero-order valence-electron chi connectivity index (χ0n) is 29.8. The molecular formula is C38H35F2N8OS2W-. The molecule has 266 valence electrons. The molecule has 0 bridgehead atoms. The van der Waals surface area contributed by atoms with Crippen LogP contribution in [0.15, 0.2) is 65.4 Å². The van der Waals surface area contributed by atoms with Crippen molar-refractivity contribution in [2.24, 2.45) is 4.99 Å². The second-order valence-electron chi connectivity index (χ2n) is 12.2. The molecule has 1 aliphatic rings. The topological polar surface area (TPSA) is 73.9 Å². The number of amides is 1. The predicted octanol–water partition coefficient (Wildman–Crippen LogP) is 9.89. The van der Waals surface area contributed by atoms with E-state index in [1.165, 1.54) is 62.4 Å². The summed E-state index contributed by atoms with van der Waals surface area (Å²) in [7, 11) is 0. The Hall–Kier alpha value is -5.08. The number of rotatable bonds is 7. The number of aromatic nitrogens is 1. The van der Waals surface area contributed by atoms with Crippen LogP contribution in [-0.4, -0.2) is 41.2 Å². The molecule has 1 aromatic heterocycles. The van der Waals surface area contributed by atoms with Gasteiger partial charge in [0.1, 0.15) is 11.5 Å². The molecule has 0 atom stereocenters. The fourth-order valence-corrected chi connectivity index (χ4v) is 5.37. The number of carbonyl (C=O) groups excluding carboxylic acids is 1. The first-order valence-electron chi connectivity index (χ1n) is 15.3. The Morgan fingerprint density at radius 2 is 1.62 bits per heavy atom. The minimum absolute atomic E-state index is 0.0277. The number of halogens is 2. The van der Waals surface area contributed by atoms with E-state index < -0.39 is 22.8 Å². The van der Waals surface area contributed by atoms with Crippen LogP contribution < -0.4 is 10.2 Å². The van der Waals surface area contributed by atoms with Crippen molar-refractivity contribution in [3.8, 4) is 0 Å². The maximum atomic E-state index is 14.8. The summed E-state index contributed by atoms with van der Waals surface area (Å²) < 4.78 is 29.2. The molecule has 1 saturated heterocycles. The molecule has 0 radical (unpaired) electrons. The van der Waals surface area contributed by atoms with Crippen molar-refractivity contribution >= 4 is 73.0 Å². The molecular weight excluding hydrogens is 870 g/mol. The number of aryl methyl sites for hydroxylation is 1. The van der Waals surface area contributed by atoms with Crippen LogP contribution >= 0.6 is 24.4 Å². The number of isothiocyanates is 1. The zero-order valence-corrected chi connectivity index (χ0v) is 34.4. The molecule has 14 heteroatoms. The third-order valence-electron chi connectivity index (χ3n) is 7.38. The van der Waals surface area contributed by atoms with Gasteiger partial charge in [0, 0.05) is 19.5 Å². The van der Waals surface area contributed by atoms with Gasteiger partial charge in [-0.1, -0.05) is 6.07 Å². The minimum Gasteiger partial charge on any atom is -0.238 e. The van der Waals surface area contributed by atoms with Gasteiger partial charge in [-0.3, -0.25) is 9.83 Å². The number of anilines is 2. The van der Waals surface area contributed by atoms with Crippen LogP contribution in [0.2, 0.25) is 0 Å². The molecule has 2 heterocycles. The monoisotopic (exact) mass is 905 g/mol. The van der Waals surface area contributed by atoms with Gasteiger partial charge in [0.2, 0.25) is 0 Å². The van der Waals surface area contributed by atoms with Crippen molar-refractivity contribution in [3.05, 3.63) is 130 Å². The van der Waals surface area contributed by atoms with Crippen LogP contribution in [0.5, 0.6) is 0 Å². The van der Waals surface area contributed by atoms with E-state index in [1.54, 1.807) is 26.1 Å². The van der Waals surface area contributed by atoms with E-state index in [0.717, 1.165) is 20.2 Å². The van der Waals surface area contributed by atoms with E-state index in [9.17, 15) is 13.6 Å². The van der Waals surface area contributed by atoms with Crippen LogP contribution in [0.4, 0.5) is 37.2 Å². The van der Waals surface area contributed by atoms with E-state index in [-0.39, 0.29) is 33.6 Å². The average Bonchev–Trinajstić information content (AvgIpc) is 3.27. The first kappa shape index (κ1) is 43.1. The van der Waals surface area contributed by atoms with Gasteiger partial charge < -0.3 is 5.32 Å². The molecule has 3 aromatic rings. The van der Waals surface area contributed by atoms with Crippen molar-refractivity contribution in [2.75, 3.05) is 10.2 Å². The van der Waals surface area contributed by atoms with Crippen LogP contribution in [0, 0.1) is 58.7 Å². The molecule has 9 nitrogen and oxygen atoms in total. The molecule has 1 N–H and O–H groups in total. The molecule has 0 unspecified atom stereocenters. The Kier molecular flexibility index (Phi) is 15.3. The molecule has 0 spiro atoms. The third-order valence-corrected chi connectivity index (χ3v) is 8.32. The number of hydrogen-bond donors (Lipinski definition) is 1. The van der Waals surface area contributed by atoms with E-state index in [4.69, 9.17) is 38.5 Å². The molecule has 0 aliphatic carbocycles. The number of pyridine rings is 1. The van der Waals surface area contributed by atoms with Gasteiger partial charge in [0.25, 0.3) is 5.66 Å². The zero-order chi connectivity index (χ0) is 39.6. The fraction of sp³-hybridized carbons (Fsp3) is 0.263. The standard InChI is InChI=1S/C19H17FN3OS.C10H13N3.C9H5FN2S.W/c1-7-8-9-12(2)23-18(25)22(17(24)19(23,4)5)15-11-10-14(21-6)13(3)16(15)20;1-8-5-6-9(7-12-8)13-10(2,3)11-4;1-6-7(11-2)3-4-8(9(6)10)12-5-13;/h2,8-11H,1,3-5H3;5-7,13H,1-3H3;3-4H,1H3;/q-1;;;. The largest absolute Gasteiger partial charge is 0.238 e. The van der Waals surface area contributed by atoms with Crippen molar-refractivity contribution in [2.45, 2.75) is 66.6 Å². The van der Waals surface area contributed by atoms with E-state index in [1.807, 2.05) is 45.9 Å². The summed E-state index contributed by atoms with van der Waals surface area (Å²) in [6, 6.07) is 9.65. The maximum Gasteiger partial charge on any atom is 0.193 e. The summed E-state index contributed by atoms with van der Waals surface area (Å²) in [6.07, 6.45) is 5.28. The van der Waals surface area contributed by atoms with Crippen molar-refractivity contribution in [1.29, 1.82) is 0 Å². The maximum absolute atomic E-state index is 14.8. The minimum atomic E-state index is -1.06. The van der Waals surface area contributed by atoms with Crippen LogP contribution in [-0.2, 0) is 24.1 Å². The number of nitrogens with one attached hydrogen (secondary N) is 1. The van der Waals surface area contributed by atoms with Crippen LogP contribution in [0.3, 0.4) is 0 Å². The summed E-state index contributed by atoms with van der Waals surface area (Å²) in [4.78, 5) is 33.2. The number of benzene rings is 2. The van der Waals surface area contributed by atoms with Gasteiger partial charge in [0.15, 0.2) is 5.69 Å². The van der Waals surface area contributed by atoms with E-state index in [2.05, 4.69) is 47.2 Å². The van der Waals surface area contributed by atoms with E-state index >= 15 is 0 Å². The van der Waals surface area contributed by atoms with Crippen LogP contribution in [0.1, 0.15) is 51.4 Å². The number of hydrogen-bond acceptors (Lipinski definition) is 6. The second-order valence-corrected chi connectivity index (χ2v) is 15.0. The summed E-state index contributed by atoms with van der Waals surface area (Å²) in [5.74, 6) is -1.52. The quantitative estimate of drug-likeness (QED) is 0.110.